The van der Waals surface area contributed by atoms with Crippen LogP contribution < -0.4 is 15.4 Å². The third-order valence-corrected chi connectivity index (χ3v) is 3.68. The zero-order chi connectivity index (χ0) is 23.2. The molecule has 0 aliphatic rings. The Morgan fingerprint density at radius 2 is 1.87 bits per heavy atom. The molecule has 0 saturated heterocycles. The van der Waals surface area contributed by atoms with E-state index in [0.29, 0.717) is 23.0 Å². The molecular formula is C22H29FN4O4. The van der Waals surface area contributed by atoms with Crippen LogP contribution >= 0.6 is 0 Å². The predicted octanol–water partition coefficient (Wildman–Crippen LogP) is 3.92. The van der Waals surface area contributed by atoms with E-state index in [4.69, 9.17) is 9.47 Å². The van der Waals surface area contributed by atoms with Gasteiger partial charge in [-0.05, 0) is 59.7 Å². The number of hydrogen-bond acceptors (Lipinski definition) is 6. The monoisotopic (exact) mass is 432 g/mol. The van der Waals surface area contributed by atoms with Crippen LogP contribution in [0.5, 0.6) is 5.75 Å². The SMILES string of the molecule is CC(C)(C)NC(=O)c1ncc2cc(OC/C(=C/F)CNC(=O)OC(C)(C)C)ccc2n1. The second-order valence-corrected chi connectivity index (χ2v) is 9.03. The summed E-state index contributed by atoms with van der Waals surface area (Å²) in [4.78, 5) is 32.3. The number of nitrogens with zero attached hydrogens (tertiary/aromatic N) is 2. The van der Waals surface area contributed by atoms with Crippen LogP contribution in [0.3, 0.4) is 0 Å². The van der Waals surface area contributed by atoms with Crippen LogP contribution in [0.2, 0.25) is 0 Å². The van der Waals surface area contributed by atoms with Crippen molar-refractivity contribution in [1.82, 2.24) is 20.6 Å². The summed E-state index contributed by atoms with van der Waals surface area (Å²) in [6.07, 6.45) is 1.28. The molecule has 0 unspecified atom stereocenters. The normalized spacial score (nSPS) is 12.4. The summed E-state index contributed by atoms with van der Waals surface area (Å²) < 4.78 is 23.9. The van der Waals surface area contributed by atoms with Crippen LogP contribution in [-0.2, 0) is 4.74 Å². The second kappa shape index (κ2) is 9.72. The highest BCUT2D eigenvalue weighted by molar-refractivity contribution is 5.93. The number of ether oxygens (including phenoxy) is 2. The highest BCUT2D eigenvalue weighted by Gasteiger charge is 2.18. The van der Waals surface area contributed by atoms with Gasteiger partial charge in [0.05, 0.1) is 11.8 Å². The van der Waals surface area contributed by atoms with Gasteiger partial charge in [0.15, 0.2) is 0 Å². The van der Waals surface area contributed by atoms with Crippen molar-refractivity contribution in [3.63, 3.8) is 0 Å². The highest BCUT2D eigenvalue weighted by atomic mass is 19.1. The molecule has 31 heavy (non-hydrogen) atoms. The van der Waals surface area contributed by atoms with Crippen LogP contribution in [0.25, 0.3) is 10.9 Å². The Balaban J connectivity index is 1.98. The Morgan fingerprint density at radius 3 is 2.48 bits per heavy atom. The summed E-state index contributed by atoms with van der Waals surface area (Å²) in [6, 6.07) is 5.05. The van der Waals surface area contributed by atoms with Crippen molar-refractivity contribution < 1.29 is 23.5 Å². The number of rotatable bonds is 6. The first-order valence-corrected chi connectivity index (χ1v) is 9.83. The van der Waals surface area contributed by atoms with Gasteiger partial charge in [0.2, 0.25) is 5.82 Å². The Morgan fingerprint density at radius 1 is 1.16 bits per heavy atom. The van der Waals surface area contributed by atoms with E-state index in [1.54, 1.807) is 39.0 Å². The van der Waals surface area contributed by atoms with Gasteiger partial charge in [-0.3, -0.25) is 4.79 Å². The summed E-state index contributed by atoms with van der Waals surface area (Å²) in [5, 5.41) is 5.96. The molecule has 2 aromatic rings. The Hall–Kier alpha value is -3.23. The first-order chi connectivity index (χ1) is 14.4. The molecule has 0 aliphatic carbocycles. The van der Waals surface area contributed by atoms with Crippen LogP contribution in [0.4, 0.5) is 9.18 Å². The summed E-state index contributed by atoms with van der Waals surface area (Å²) in [7, 11) is 0. The van der Waals surface area contributed by atoms with Crippen molar-refractivity contribution in [2.45, 2.75) is 52.7 Å². The largest absolute Gasteiger partial charge is 0.489 e. The topological polar surface area (TPSA) is 102 Å². The molecule has 0 bridgehead atoms. The van der Waals surface area contributed by atoms with Crippen molar-refractivity contribution in [2.24, 2.45) is 0 Å². The lowest BCUT2D eigenvalue weighted by atomic mass is 10.1. The molecule has 1 aromatic heterocycles. The lowest BCUT2D eigenvalue weighted by molar-refractivity contribution is 0.0531. The lowest BCUT2D eigenvalue weighted by Crippen LogP contribution is -2.41. The van der Waals surface area contributed by atoms with Crippen LogP contribution in [0.1, 0.15) is 52.2 Å². The molecule has 0 saturated carbocycles. The molecule has 0 atom stereocenters. The molecule has 2 amide bonds. The molecular weight excluding hydrogens is 403 g/mol. The molecule has 1 heterocycles. The summed E-state index contributed by atoms with van der Waals surface area (Å²) in [6.45, 7) is 10.7. The number of carbonyl (C=O) groups is 2. The van der Waals surface area contributed by atoms with Gasteiger partial charge in [-0.25, -0.2) is 19.2 Å². The Kier molecular flexibility index (Phi) is 7.54. The first kappa shape index (κ1) is 24.0. The number of amides is 2. The molecule has 1 aromatic carbocycles. The molecule has 2 rings (SSSR count). The maximum absolute atomic E-state index is 13.1. The average molecular weight is 432 g/mol. The van der Waals surface area contributed by atoms with E-state index in [9.17, 15) is 14.0 Å². The van der Waals surface area contributed by atoms with Gasteiger partial charge in [0.25, 0.3) is 5.91 Å². The van der Waals surface area contributed by atoms with Crippen molar-refractivity contribution in [3.8, 4) is 5.75 Å². The average Bonchev–Trinajstić information content (AvgIpc) is 2.64. The number of aromatic nitrogens is 2. The smallest absolute Gasteiger partial charge is 0.407 e. The van der Waals surface area contributed by atoms with E-state index in [0.717, 1.165) is 0 Å². The van der Waals surface area contributed by atoms with E-state index < -0.39 is 17.2 Å². The third-order valence-electron chi connectivity index (χ3n) is 3.68. The van der Waals surface area contributed by atoms with Crippen LogP contribution in [0, 0.1) is 0 Å². The van der Waals surface area contributed by atoms with Crippen molar-refractivity contribution in [1.29, 1.82) is 0 Å². The van der Waals surface area contributed by atoms with E-state index in [1.807, 2.05) is 20.8 Å². The molecule has 8 nitrogen and oxygen atoms in total. The van der Waals surface area contributed by atoms with E-state index in [-0.39, 0.29) is 30.5 Å². The van der Waals surface area contributed by atoms with E-state index in [1.165, 1.54) is 6.20 Å². The van der Waals surface area contributed by atoms with Gasteiger partial charge in [-0.15, -0.1) is 0 Å². The molecule has 9 heteroatoms. The van der Waals surface area contributed by atoms with E-state index in [2.05, 4.69) is 20.6 Å². The molecule has 0 radical (unpaired) electrons. The Labute approximate surface area is 181 Å². The molecule has 2 N–H and O–H groups in total. The van der Waals surface area contributed by atoms with Crippen LogP contribution in [-0.4, -0.2) is 46.3 Å². The second-order valence-electron chi connectivity index (χ2n) is 9.03. The van der Waals surface area contributed by atoms with Crippen molar-refractivity contribution in [3.05, 3.63) is 42.1 Å². The van der Waals surface area contributed by atoms with Crippen molar-refractivity contribution >= 4 is 22.9 Å². The quantitative estimate of drug-likeness (QED) is 0.717. The summed E-state index contributed by atoms with van der Waals surface area (Å²) in [5.41, 5.74) is -0.223. The third kappa shape index (κ3) is 8.19. The number of alkyl carbamates (subject to hydrolysis) is 1. The molecule has 0 spiro atoms. The van der Waals surface area contributed by atoms with Gasteiger partial charge in [0, 0.05) is 29.2 Å². The summed E-state index contributed by atoms with van der Waals surface area (Å²) in [5.74, 6) is 0.191. The van der Waals surface area contributed by atoms with Gasteiger partial charge < -0.3 is 20.1 Å². The van der Waals surface area contributed by atoms with Gasteiger partial charge >= 0.3 is 6.09 Å². The zero-order valence-electron chi connectivity index (χ0n) is 18.7. The summed E-state index contributed by atoms with van der Waals surface area (Å²) >= 11 is 0. The highest BCUT2D eigenvalue weighted by Crippen LogP contribution is 2.20. The zero-order valence-corrected chi connectivity index (χ0v) is 18.7. The van der Waals surface area contributed by atoms with Gasteiger partial charge in [-0.1, -0.05) is 0 Å². The molecule has 168 valence electrons. The van der Waals surface area contributed by atoms with Crippen LogP contribution in [0.15, 0.2) is 36.3 Å². The van der Waals surface area contributed by atoms with Crippen molar-refractivity contribution in [2.75, 3.05) is 13.2 Å². The van der Waals surface area contributed by atoms with Gasteiger partial charge in [-0.2, -0.15) is 0 Å². The minimum Gasteiger partial charge on any atom is -0.489 e. The maximum Gasteiger partial charge on any atom is 0.407 e. The number of fused-ring (bicyclic) bond motifs is 1. The first-order valence-electron chi connectivity index (χ1n) is 9.83. The molecule has 0 fully saturated rings. The Bertz CT molecular complexity index is 978. The maximum atomic E-state index is 13.1. The number of hydrogen-bond donors (Lipinski definition) is 2. The molecule has 0 aliphatic heterocycles. The minimum absolute atomic E-state index is 0.0473. The predicted molar refractivity (Wildman–Crippen MR) is 116 cm³/mol. The number of nitrogens with one attached hydrogen (secondary N) is 2. The number of carbonyl (C=O) groups excluding carboxylic acids is 2. The standard InChI is InChI=1S/C22H29FN4O4/c1-21(2,3)27-19(28)18-24-12-15-9-16(7-8-17(15)26-18)30-13-14(10-23)11-25-20(29)31-22(4,5)6/h7-10,12H,11,13H2,1-6H3,(H,25,29)(H,27,28)/b14-10+. The fraction of sp³-hybridized carbons (Fsp3) is 0.455. The minimum atomic E-state index is -0.638. The fourth-order valence-corrected chi connectivity index (χ4v) is 2.40. The van der Waals surface area contributed by atoms with Gasteiger partial charge in [0.1, 0.15) is 18.0 Å². The number of benzene rings is 1. The van der Waals surface area contributed by atoms with E-state index >= 15 is 0 Å². The fourth-order valence-electron chi connectivity index (χ4n) is 2.40. The number of halogens is 1. The lowest BCUT2D eigenvalue weighted by Gasteiger charge is -2.20.